The molecular weight excluding hydrogens is 492 g/mol. The molecule has 1 saturated carbocycles. The fraction of sp³-hybridized carbons (Fsp3) is 0.481. The van der Waals surface area contributed by atoms with Crippen LogP contribution in [0.4, 0.5) is 11.5 Å². The maximum absolute atomic E-state index is 14.0. The fourth-order valence-electron chi connectivity index (χ4n) is 7.48. The lowest BCUT2D eigenvalue weighted by atomic mass is 9.49. The second-order valence-electron chi connectivity index (χ2n) is 11.1. The Labute approximate surface area is 218 Å². The van der Waals surface area contributed by atoms with E-state index in [0.29, 0.717) is 24.5 Å². The van der Waals surface area contributed by atoms with E-state index in [0.717, 1.165) is 24.2 Å². The summed E-state index contributed by atoms with van der Waals surface area (Å²) >= 11 is 0. The fourth-order valence-corrected chi connectivity index (χ4v) is 7.48. The lowest BCUT2D eigenvalue weighted by molar-refractivity contribution is -0.334. The van der Waals surface area contributed by atoms with Gasteiger partial charge in [0.15, 0.2) is 11.5 Å². The van der Waals surface area contributed by atoms with Crippen molar-refractivity contribution >= 4 is 17.4 Å². The molecule has 7 rings (SSSR count). The summed E-state index contributed by atoms with van der Waals surface area (Å²) < 4.78 is 12.7. The number of aromatic nitrogens is 1. The summed E-state index contributed by atoms with van der Waals surface area (Å²) in [4.78, 5) is 20.1. The standard InChI is InChI=1S/C27H30N4O7/c1-37-27-11-17(25(34)29-20-7-5-16(12-28-20)31(35)36)22(33)24-26(27)8-9-30(13-14-2-3-14)19(27)10-15-4-6-18(32)23(38-24)21(15)26/h4-7,12,14,19,24,32-33,35-36H,2-3,8-11,13H2,1H3,(H,28,29,34)/p-1/t19-,24+,26+,27?/m1/s1. The van der Waals surface area contributed by atoms with Crippen LogP contribution >= 0.6 is 0 Å². The molecule has 3 aliphatic carbocycles. The van der Waals surface area contributed by atoms with Crippen molar-refractivity contribution in [3.05, 3.63) is 52.9 Å². The number of carbonyl (C=O) groups excluding carboxylic acids is 1. The van der Waals surface area contributed by atoms with Crippen LogP contribution < -0.4 is 20.4 Å². The molecule has 1 amide bonds. The number of methoxy groups -OCH3 is 1. The Morgan fingerprint density at radius 2 is 2.13 bits per heavy atom. The smallest absolute Gasteiger partial charge is 0.252 e. The zero-order valence-corrected chi connectivity index (χ0v) is 20.9. The Morgan fingerprint density at radius 3 is 2.82 bits per heavy atom. The molecular formula is C27H29N4O7-. The van der Waals surface area contributed by atoms with E-state index < -0.39 is 28.8 Å². The van der Waals surface area contributed by atoms with Gasteiger partial charge in [0.05, 0.1) is 11.6 Å². The first-order valence-corrected chi connectivity index (χ1v) is 13.0. The molecule has 2 aliphatic heterocycles. The predicted molar refractivity (Wildman–Crippen MR) is 131 cm³/mol. The van der Waals surface area contributed by atoms with Gasteiger partial charge in [0.1, 0.15) is 23.2 Å². The summed E-state index contributed by atoms with van der Waals surface area (Å²) in [6, 6.07) is 6.27. The van der Waals surface area contributed by atoms with Crippen molar-refractivity contribution in [1.82, 2.24) is 9.88 Å². The van der Waals surface area contributed by atoms with E-state index in [4.69, 9.17) is 19.9 Å². The number of anilines is 2. The minimum atomic E-state index is -0.988. The number of carbonyl (C=O) groups is 1. The number of hydrogen-bond donors (Lipinski definition) is 4. The van der Waals surface area contributed by atoms with Crippen molar-refractivity contribution in [2.24, 2.45) is 5.92 Å². The van der Waals surface area contributed by atoms with Crippen LogP contribution in [-0.4, -0.2) is 69.3 Å². The number of piperidine rings is 1. The van der Waals surface area contributed by atoms with E-state index in [1.165, 1.54) is 31.2 Å². The van der Waals surface area contributed by atoms with Gasteiger partial charge in [-0.1, -0.05) is 11.8 Å². The Hall–Kier alpha value is -3.38. The molecule has 38 heavy (non-hydrogen) atoms. The molecule has 4 N–H and O–H groups in total. The molecule has 3 heterocycles. The first kappa shape index (κ1) is 23.7. The van der Waals surface area contributed by atoms with Crippen LogP contribution in [0.3, 0.4) is 0 Å². The van der Waals surface area contributed by atoms with Gasteiger partial charge in [-0.15, -0.1) is 5.23 Å². The number of nitrogens with one attached hydrogen (secondary N) is 1. The lowest BCUT2D eigenvalue weighted by Crippen LogP contribution is -2.77. The summed E-state index contributed by atoms with van der Waals surface area (Å²) in [6.07, 6.45) is 4.01. The van der Waals surface area contributed by atoms with Gasteiger partial charge in [-0.2, -0.15) is 0 Å². The van der Waals surface area contributed by atoms with Gasteiger partial charge >= 0.3 is 0 Å². The average Bonchev–Trinajstić information content (AvgIpc) is 3.65. The van der Waals surface area contributed by atoms with Crippen molar-refractivity contribution in [2.75, 3.05) is 30.7 Å². The average molecular weight is 522 g/mol. The van der Waals surface area contributed by atoms with Crippen LogP contribution in [0.25, 0.3) is 0 Å². The Bertz CT molecular complexity index is 1360. The summed E-state index contributed by atoms with van der Waals surface area (Å²) in [5.74, 6) is 0.107. The number of aromatic hydroxyl groups is 1. The highest BCUT2D eigenvalue weighted by Gasteiger charge is 2.73. The zero-order chi connectivity index (χ0) is 26.4. The molecule has 1 aromatic carbocycles. The minimum absolute atomic E-state index is 0.0127. The number of rotatable bonds is 6. The molecule has 2 fully saturated rings. The van der Waals surface area contributed by atoms with Crippen LogP contribution in [0.1, 0.15) is 36.8 Å². The maximum atomic E-state index is 14.0. The number of pyridine rings is 1. The number of hydrogen-bond acceptors (Lipinski definition) is 10. The van der Waals surface area contributed by atoms with Gasteiger partial charge in [0.25, 0.3) is 5.91 Å². The number of ether oxygens (including phenoxy) is 2. The Balaban J connectivity index is 1.33. The minimum Gasteiger partial charge on any atom is -0.873 e. The van der Waals surface area contributed by atoms with Crippen molar-refractivity contribution < 1.29 is 34.9 Å². The van der Waals surface area contributed by atoms with Gasteiger partial charge in [0.2, 0.25) is 0 Å². The quantitative estimate of drug-likeness (QED) is 0.411. The van der Waals surface area contributed by atoms with Crippen LogP contribution in [0.5, 0.6) is 11.5 Å². The number of nitrogens with zero attached hydrogens (tertiary/aromatic N) is 3. The molecule has 4 atom stereocenters. The molecule has 0 radical (unpaired) electrons. The molecule has 1 aromatic heterocycles. The molecule has 2 aromatic rings. The zero-order valence-electron chi connectivity index (χ0n) is 20.9. The highest BCUT2D eigenvalue weighted by Crippen LogP contribution is 2.67. The predicted octanol–water partition coefficient (Wildman–Crippen LogP) is 1.45. The van der Waals surface area contributed by atoms with Crippen molar-refractivity contribution in [1.29, 1.82) is 0 Å². The van der Waals surface area contributed by atoms with Crippen LogP contribution in [0.15, 0.2) is 41.8 Å². The largest absolute Gasteiger partial charge is 0.873 e. The molecule has 2 bridgehead atoms. The highest BCUT2D eigenvalue weighted by atomic mass is 16.8. The van der Waals surface area contributed by atoms with E-state index in [-0.39, 0.29) is 40.5 Å². The summed E-state index contributed by atoms with van der Waals surface area (Å²) in [7, 11) is 1.65. The van der Waals surface area contributed by atoms with Crippen LogP contribution in [0, 0.1) is 5.92 Å². The van der Waals surface area contributed by atoms with Gasteiger partial charge in [-0.25, -0.2) is 4.98 Å². The Morgan fingerprint density at radius 1 is 1.32 bits per heavy atom. The van der Waals surface area contributed by atoms with Gasteiger partial charge in [-0.3, -0.25) is 20.1 Å². The van der Waals surface area contributed by atoms with Gasteiger partial charge in [-0.05, 0) is 61.9 Å². The molecule has 1 unspecified atom stereocenters. The topological polar surface area (TPSA) is 151 Å². The number of likely N-dealkylation sites (tertiary alicyclic amines) is 1. The van der Waals surface area contributed by atoms with Crippen molar-refractivity contribution in [2.45, 2.75) is 55.3 Å². The van der Waals surface area contributed by atoms with Gasteiger partial charge in [0, 0.05) is 37.3 Å². The number of amides is 1. The van der Waals surface area contributed by atoms with Gasteiger partial charge < -0.3 is 25.0 Å². The third-order valence-electron chi connectivity index (χ3n) is 9.32. The highest BCUT2D eigenvalue weighted by molar-refractivity contribution is 6.04. The van der Waals surface area contributed by atoms with E-state index >= 15 is 0 Å². The normalized spacial score (nSPS) is 31.0. The third-order valence-corrected chi connectivity index (χ3v) is 9.32. The number of benzene rings is 1. The number of phenolic OH excluding ortho intramolecular Hbond substituents is 1. The van der Waals surface area contributed by atoms with Crippen LogP contribution in [0.2, 0.25) is 0 Å². The summed E-state index contributed by atoms with van der Waals surface area (Å²) in [6.45, 7) is 1.74. The van der Waals surface area contributed by atoms with Crippen LogP contribution in [-0.2, 0) is 21.4 Å². The van der Waals surface area contributed by atoms with Crippen molar-refractivity contribution in [3.8, 4) is 11.5 Å². The second kappa shape index (κ2) is 8.06. The molecule has 11 nitrogen and oxygen atoms in total. The van der Waals surface area contributed by atoms with E-state index in [9.17, 15) is 15.0 Å². The summed E-state index contributed by atoms with van der Waals surface area (Å²) in [5, 5.41) is 45.6. The van der Waals surface area contributed by atoms with E-state index in [2.05, 4.69) is 15.2 Å². The maximum Gasteiger partial charge on any atom is 0.252 e. The first-order valence-electron chi connectivity index (χ1n) is 13.0. The molecule has 1 spiro atoms. The van der Waals surface area contributed by atoms with E-state index in [1.807, 2.05) is 6.07 Å². The first-order chi connectivity index (χ1) is 18.3. The van der Waals surface area contributed by atoms with E-state index in [1.54, 1.807) is 13.2 Å². The second-order valence-corrected chi connectivity index (χ2v) is 11.1. The number of phenols is 1. The van der Waals surface area contributed by atoms with Crippen molar-refractivity contribution in [3.63, 3.8) is 0 Å². The molecule has 5 aliphatic rings. The molecule has 200 valence electrons. The molecule has 11 heteroatoms. The Kier molecular flexibility index (Phi) is 5.03. The third kappa shape index (κ3) is 3.04. The molecule has 1 saturated heterocycles. The monoisotopic (exact) mass is 521 g/mol. The SMILES string of the molecule is COC12CC(C(=O)Nc3ccc(N(O)O)cn3)=C([O-])[C@@H]3Oc4c(O)ccc5c4[C@@]31CCN(CC1CC1)[C@@H]2C5. The summed E-state index contributed by atoms with van der Waals surface area (Å²) in [5.41, 5.74) is 0.268. The lowest BCUT2D eigenvalue weighted by Gasteiger charge is -2.65.